The van der Waals surface area contributed by atoms with E-state index < -0.39 is 323 Å². The first-order chi connectivity index (χ1) is 60.5. The average Bonchev–Trinajstić information content (AvgIpc) is 0.844. The van der Waals surface area contributed by atoms with Gasteiger partial charge in [0.2, 0.25) is 0 Å². The van der Waals surface area contributed by atoms with Crippen molar-refractivity contribution in [1.82, 2.24) is 0 Å². The van der Waals surface area contributed by atoms with Crippen molar-refractivity contribution in [3.8, 4) is 0 Å². The molecule has 6 unspecified atom stereocenters. The molecule has 0 aromatic heterocycles. The average molecular weight is 1820 g/mol. The number of ether oxygens (including phenoxy) is 21. The van der Waals surface area contributed by atoms with Crippen LogP contribution < -0.4 is 0 Å². The van der Waals surface area contributed by atoms with E-state index in [1.165, 1.54) is 48.5 Å². The number of hydrogen-bond donors (Lipinski definition) is 0. The third-order valence-electron chi connectivity index (χ3n) is 16.3. The number of hydrogen-bond acceptors (Lipinski definition) is 42. The fourth-order valence-corrected chi connectivity index (χ4v) is 9.73. The third kappa shape index (κ3) is 39.0. The maximum absolute atomic E-state index is 15.0. The van der Waals surface area contributed by atoms with E-state index in [0.717, 1.165) is 96.1 Å². The summed E-state index contributed by atoms with van der Waals surface area (Å²) in [6.07, 6.45) is -9.52. The molecule has 6 atom stereocenters. The van der Waals surface area contributed by atoms with E-state index in [2.05, 4.69) is 39.5 Å². The first kappa shape index (κ1) is 108. The standard InChI is InChI=1S/C87H98O42/c1-20-87(42-121-81(103)66-24-21-57(78(100)115-36-60(124-51(14)88)30-109-72(94)45(2)3)27-69(66)84(106)118-39-63(127-54(17)91)33-112-75(97)48(8)9,43-122-82(104)67-25-22-58(79(101)116-37-61(125-52(15)89)31-110-73(95)46(4)5)28-70(67)85(107)119-40-64(128-55(18)92)34-113-76(98)49(10)11)44-123-83(105)68-26-23-59(80(102)117-38-62(126-53(16)90)32-111-74(96)47(6)7)29-71(68)86(108)120-41-65(129-56(19)93)35-114-77(99)50(12)13/h21-29,60-65H,2,4,6,8,10,12,20,30-44H2,1,3,5,7,9,11,13-19H3. The number of rotatable bonds is 52. The number of carbonyl (C=O) groups excluding carboxylic acids is 21. The molecule has 0 aliphatic rings. The Hall–Kier alpha value is -15.0. The van der Waals surface area contributed by atoms with Gasteiger partial charge in [0, 0.05) is 75.0 Å². The van der Waals surface area contributed by atoms with E-state index in [0.29, 0.717) is 0 Å². The Labute approximate surface area is 737 Å². The van der Waals surface area contributed by atoms with Crippen LogP contribution >= 0.6 is 0 Å². The Balaban J connectivity index is 2.47. The SMILES string of the molecule is C=C(C)C(=O)OCC(COC(=O)c1ccc(C(=O)OCC(CC)(COC(=O)c2ccc(C(=O)OCC(COC(=O)C(=C)C)OC(C)=O)cc2C(=O)OCC(COC(=O)C(=C)C)OC(C)=O)COC(=O)c2ccc(C(=O)OCC(COC(=O)C(=C)C)OC(C)=O)cc2C(=O)OCC(COC(=O)C(=C)C)OC(C)=O)c(C(=O)OCC(COC(=O)C(=C)C)OC(C)=O)c1)OC(C)=O. The number of benzene rings is 3. The van der Waals surface area contributed by atoms with Gasteiger partial charge in [-0.2, -0.15) is 0 Å². The van der Waals surface area contributed by atoms with Crippen LogP contribution in [0, 0.1) is 5.41 Å². The molecule has 3 rings (SSSR count). The molecule has 129 heavy (non-hydrogen) atoms. The first-order valence-electron chi connectivity index (χ1n) is 38.4. The molecule has 0 saturated carbocycles. The van der Waals surface area contributed by atoms with E-state index >= 15 is 0 Å². The van der Waals surface area contributed by atoms with Crippen molar-refractivity contribution in [3.63, 3.8) is 0 Å². The van der Waals surface area contributed by atoms with Crippen molar-refractivity contribution in [2.45, 2.75) is 133 Å². The molecule has 0 spiro atoms. The van der Waals surface area contributed by atoms with Crippen LogP contribution in [0.1, 0.15) is 190 Å². The predicted octanol–water partition coefficient (Wildman–Crippen LogP) is 6.20. The normalized spacial score (nSPS) is 12.3. The Morgan fingerprint density at radius 2 is 0.380 bits per heavy atom. The molecule has 0 N–H and O–H groups in total. The third-order valence-corrected chi connectivity index (χ3v) is 16.3. The van der Waals surface area contributed by atoms with E-state index in [1.54, 1.807) is 0 Å². The summed E-state index contributed by atoms with van der Waals surface area (Å²) in [5, 5.41) is 0. The van der Waals surface area contributed by atoms with Gasteiger partial charge in [-0.25, -0.2) is 71.9 Å². The van der Waals surface area contributed by atoms with Crippen LogP contribution in [0.5, 0.6) is 0 Å². The van der Waals surface area contributed by atoms with Crippen LogP contribution in [0.4, 0.5) is 0 Å². The van der Waals surface area contributed by atoms with Crippen molar-refractivity contribution in [1.29, 1.82) is 0 Å². The summed E-state index contributed by atoms with van der Waals surface area (Å²) in [5.74, 6) is -24.4. The van der Waals surface area contributed by atoms with E-state index in [-0.39, 0.29) is 33.4 Å². The summed E-state index contributed by atoms with van der Waals surface area (Å²) in [6.45, 7) is 22.8. The lowest BCUT2D eigenvalue weighted by molar-refractivity contribution is -0.157. The highest BCUT2D eigenvalue weighted by Gasteiger charge is 2.39. The first-order valence-corrected chi connectivity index (χ1v) is 38.4. The van der Waals surface area contributed by atoms with Crippen LogP contribution in [-0.4, -0.2) is 261 Å². The lowest BCUT2D eigenvalue weighted by Gasteiger charge is -2.31. The molecule has 0 heterocycles. The van der Waals surface area contributed by atoms with Gasteiger partial charge in [0.05, 0.1) is 55.5 Å². The smallest absolute Gasteiger partial charge is 0.339 e. The fraction of sp³-hybridized carbons (Fsp3) is 0.414. The molecule has 698 valence electrons. The molecule has 42 heteroatoms. The van der Waals surface area contributed by atoms with Gasteiger partial charge < -0.3 is 99.5 Å². The fourth-order valence-electron chi connectivity index (χ4n) is 9.73. The molecule has 3 aromatic rings. The monoisotopic (exact) mass is 1810 g/mol. The van der Waals surface area contributed by atoms with Crippen LogP contribution in [0.15, 0.2) is 128 Å². The van der Waals surface area contributed by atoms with Crippen LogP contribution in [0.2, 0.25) is 0 Å². The minimum absolute atomic E-state index is 0.0585. The minimum atomic E-state index is -2.18. The van der Waals surface area contributed by atoms with Crippen LogP contribution in [0.3, 0.4) is 0 Å². The summed E-state index contributed by atoms with van der Waals surface area (Å²) in [5.41, 5.74) is -9.30. The highest BCUT2D eigenvalue weighted by molar-refractivity contribution is 6.08. The van der Waals surface area contributed by atoms with Gasteiger partial charge in [-0.1, -0.05) is 46.4 Å². The molecule has 3 aromatic carbocycles. The van der Waals surface area contributed by atoms with E-state index in [9.17, 15) is 101 Å². The summed E-state index contributed by atoms with van der Waals surface area (Å²) < 4.78 is 112. The molecule has 0 saturated heterocycles. The topological polar surface area (TPSA) is 552 Å². The van der Waals surface area contributed by atoms with Gasteiger partial charge in [-0.3, -0.25) is 28.8 Å². The number of esters is 21. The van der Waals surface area contributed by atoms with Gasteiger partial charge in [0.25, 0.3) is 0 Å². The quantitative estimate of drug-likeness (QED) is 0.0345. The summed E-state index contributed by atoms with van der Waals surface area (Å²) >= 11 is 0. The van der Waals surface area contributed by atoms with Crippen LogP contribution in [0.25, 0.3) is 0 Å². The van der Waals surface area contributed by atoms with Crippen molar-refractivity contribution >= 4 is 125 Å². The van der Waals surface area contributed by atoms with Crippen molar-refractivity contribution in [2.24, 2.45) is 5.41 Å². The zero-order chi connectivity index (χ0) is 97.3. The predicted molar refractivity (Wildman–Crippen MR) is 433 cm³/mol. The maximum atomic E-state index is 15.0. The summed E-state index contributed by atoms with van der Waals surface area (Å²) in [4.78, 5) is 277. The maximum Gasteiger partial charge on any atom is 0.339 e. The molecule has 0 amide bonds. The van der Waals surface area contributed by atoms with Gasteiger partial charge >= 0.3 is 125 Å². The van der Waals surface area contributed by atoms with Crippen molar-refractivity contribution < 1.29 is 200 Å². The van der Waals surface area contributed by atoms with Gasteiger partial charge in [-0.15, -0.1) is 0 Å². The molecule has 0 fully saturated rings. The Morgan fingerprint density at radius 3 is 0.535 bits per heavy atom. The molecule has 42 nitrogen and oxygen atoms in total. The molecule has 0 radical (unpaired) electrons. The largest absolute Gasteiger partial charge is 0.461 e. The van der Waals surface area contributed by atoms with Gasteiger partial charge in [0.15, 0.2) is 36.6 Å². The summed E-state index contributed by atoms with van der Waals surface area (Å²) in [7, 11) is 0. The Kier molecular flexibility index (Phi) is 44.7. The highest BCUT2D eigenvalue weighted by atomic mass is 16.7. The lowest BCUT2D eigenvalue weighted by atomic mass is 9.87. The second-order valence-corrected chi connectivity index (χ2v) is 28.1. The second-order valence-electron chi connectivity index (χ2n) is 28.1. The zero-order valence-electron chi connectivity index (χ0n) is 72.9. The van der Waals surface area contributed by atoms with Gasteiger partial charge in [0.1, 0.15) is 99.1 Å². The Morgan fingerprint density at radius 1 is 0.225 bits per heavy atom. The lowest BCUT2D eigenvalue weighted by Crippen LogP contribution is -2.39. The Bertz CT molecular complexity index is 4370. The second kappa shape index (κ2) is 53.3. The van der Waals surface area contributed by atoms with Gasteiger partial charge in [-0.05, 0) is 103 Å². The van der Waals surface area contributed by atoms with E-state index in [1.807, 2.05) is 0 Å². The van der Waals surface area contributed by atoms with Crippen LogP contribution in [-0.2, 0) is 157 Å². The highest BCUT2D eigenvalue weighted by Crippen LogP contribution is 2.30. The minimum Gasteiger partial charge on any atom is -0.461 e. The molecular weight excluding hydrogens is 1720 g/mol. The molecule has 0 bridgehead atoms. The molecule has 0 aliphatic carbocycles. The zero-order valence-corrected chi connectivity index (χ0v) is 72.9. The molecule has 0 aliphatic heterocycles. The molecular formula is C87H98O42. The summed E-state index contributed by atoms with van der Waals surface area (Å²) in [6, 6.07) is 7.42. The van der Waals surface area contributed by atoms with E-state index in [4.69, 9.17) is 99.5 Å². The number of carbonyl (C=O) groups is 21. The van der Waals surface area contributed by atoms with Crippen molar-refractivity contribution in [2.75, 3.05) is 99.1 Å². The van der Waals surface area contributed by atoms with Crippen molar-refractivity contribution in [3.05, 3.63) is 178 Å².